The summed E-state index contributed by atoms with van der Waals surface area (Å²) < 4.78 is 5.80. The van der Waals surface area contributed by atoms with Gasteiger partial charge in [0, 0.05) is 45.3 Å². The molecule has 0 aliphatic carbocycles. The lowest BCUT2D eigenvalue weighted by atomic mass is 10.2. The van der Waals surface area contributed by atoms with Crippen LogP contribution in [-0.2, 0) is 4.74 Å². The highest BCUT2D eigenvalue weighted by Crippen LogP contribution is 2.09. The Morgan fingerprint density at radius 3 is 3.00 bits per heavy atom. The molecule has 0 aromatic heterocycles. The van der Waals surface area contributed by atoms with Gasteiger partial charge in [-0.2, -0.15) is 0 Å². The van der Waals surface area contributed by atoms with E-state index >= 15 is 0 Å². The maximum Gasteiger partial charge on any atom is 0.0829 e. The highest BCUT2D eigenvalue weighted by atomic mass is 16.5. The summed E-state index contributed by atoms with van der Waals surface area (Å²) in [5.74, 6) is 0. The van der Waals surface area contributed by atoms with Gasteiger partial charge in [-0.05, 0) is 14.0 Å². The number of morpholine rings is 1. The average molecular weight is 213 g/mol. The maximum absolute atomic E-state index is 5.80. The average Bonchev–Trinajstić information content (AvgIpc) is 2.22. The Bertz CT molecular complexity index is 200. The lowest BCUT2D eigenvalue weighted by molar-refractivity contribution is -0.0425. The Kier molecular flexibility index (Phi) is 3.97. The van der Waals surface area contributed by atoms with Gasteiger partial charge in [0.2, 0.25) is 0 Å². The van der Waals surface area contributed by atoms with Crippen LogP contribution in [0.2, 0.25) is 0 Å². The first-order chi connectivity index (χ1) is 7.25. The van der Waals surface area contributed by atoms with Crippen LogP contribution in [0.25, 0.3) is 0 Å². The maximum atomic E-state index is 5.80. The second-order valence-corrected chi connectivity index (χ2v) is 4.80. The van der Waals surface area contributed by atoms with Crippen LogP contribution < -0.4 is 5.32 Å². The van der Waals surface area contributed by atoms with Gasteiger partial charge >= 0.3 is 0 Å². The second kappa shape index (κ2) is 5.25. The Balaban J connectivity index is 1.79. The van der Waals surface area contributed by atoms with E-state index in [0.29, 0.717) is 12.1 Å². The van der Waals surface area contributed by atoms with Crippen molar-refractivity contribution in [3.63, 3.8) is 0 Å². The Hall–Kier alpha value is -0.160. The van der Waals surface area contributed by atoms with Crippen LogP contribution >= 0.6 is 0 Å². The first kappa shape index (κ1) is 11.3. The molecule has 4 nitrogen and oxygen atoms in total. The lowest BCUT2D eigenvalue weighted by Gasteiger charge is -2.38. The molecule has 2 heterocycles. The first-order valence-corrected chi connectivity index (χ1v) is 6.00. The highest BCUT2D eigenvalue weighted by Gasteiger charge is 2.24. The van der Waals surface area contributed by atoms with Gasteiger partial charge in [-0.15, -0.1) is 0 Å². The highest BCUT2D eigenvalue weighted by molar-refractivity contribution is 4.80. The predicted octanol–water partition coefficient (Wildman–Crippen LogP) is -0.389. The molecule has 1 N–H and O–H groups in total. The standard InChI is InChI=1S/C11H23N3O/c1-10-7-12-3-4-14(10)9-11-8-13(2)5-6-15-11/h10-12H,3-9H2,1-2H3. The fraction of sp³-hybridized carbons (Fsp3) is 1.00. The molecule has 2 aliphatic rings. The molecule has 0 aromatic carbocycles. The van der Waals surface area contributed by atoms with Crippen molar-refractivity contribution < 1.29 is 4.74 Å². The van der Waals surface area contributed by atoms with E-state index in [9.17, 15) is 0 Å². The predicted molar refractivity (Wildman–Crippen MR) is 61.1 cm³/mol. The van der Waals surface area contributed by atoms with Gasteiger partial charge in [-0.3, -0.25) is 4.90 Å². The first-order valence-electron chi connectivity index (χ1n) is 6.00. The van der Waals surface area contributed by atoms with E-state index in [0.717, 1.165) is 45.9 Å². The van der Waals surface area contributed by atoms with Crippen molar-refractivity contribution in [1.82, 2.24) is 15.1 Å². The van der Waals surface area contributed by atoms with Gasteiger partial charge in [0.05, 0.1) is 12.7 Å². The molecule has 2 fully saturated rings. The summed E-state index contributed by atoms with van der Waals surface area (Å²) in [6.45, 7) is 9.82. The van der Waals surface area contributed by atoms with Crippen molar-refractivity contribution in [2.75, 3.05) is 52.9 Å². The van der Waals surface area contributed by atoms with Crippen LogP contribution in [0.15, 0.2) is 0 Å². The van der Waals surface area contributed by atoms with Crippen LogP contribution in [0.1, 0.15) is 6.92 Å². The van der Waals surface area contributed by atoms with Gasteiger partial charge in [0.1, 0.15) is 0 Å². The number of piperazine rings is 1. The smallest absolute Gasteiger partial charge is 0.0829 e. The number of rotatable bonds is 2. The van der Waals surface area contributed by atoms with Crippen LogP contribution in [0, 0.1) is 0 Å². The zero-order valence-electron chi connectivity index (χ0n) is 9.91. The molecule has 2 atom stereocenters. The number of nitrogens with zero attached hydrogens (tertiary/aromatic N) is 2. The fourth-order valence-corrected chi connectivity index (χ4v) is 2.39. The largest absolute Gasteiger partial charge is 0.374 e. The number of hydrogen-bond donors (Lipinski definition) is 1. The van der Waals surface area contributed by atoms with E-state index in [2.05, 4.69) is 29.1 Å². The van der Waals surface area contributed by atoms with E-state index in [1.807, 2.05) is 0 Å². The monoisotopic (exact) mass is 213 g/mol. The third-order valence-corrected chi connectivity index (χ3v) is 3.42. The molecule has 2 aliphatic heterocycles. The van der Waals surface area contributed by atoms with Crippen LogP contribution in [0.4, 0.5) is 0 Å². The summed E-state index contributed by atoms with van der Waals surface area (Å²) >= 11 is 0. The molecule has 0 amide bonds. The van der Waals surface area contributed by atoms with Crippen molar-refractivity contribution in [3.8, 4) is 0 Å². The van der Waals surface area contributed by atoms with Crippen LogP contribution in [0.3, 0.4) is 0 Å². The van der Waals surface area contributed by atoms with Crippen molar-refractivity contribution >= 4 is 0 Å². The SMILES string of the molecule is CC1CNCCN1CC1CN(C)CCO1. The van der Waals surface area contributed by atoms with E-state index in [-0.39, 0.29) is 0 Å². The van der Waals surface area contributed by atoms with Crippen molar-refractivity contribution in [2.24, 2.45) is 0 Å². The van der Waals surface area contributed by atoms with Gasteiger partial charge < -0.3 is 15.0 Å². The molecule has 88 valence electrons. The van der Waals surface area contributed by atoms with E-state index < -0.39 is 0 Å². The molecule has 0 aromatic rings. The quantitative estimate of drug-likeness (QED) is 0.676. The number of nitrogens with one attached hydrogen (secondary N) is 1. The molecular formula is C11H23N3O. The molecule has 15 heavy (non-hydrogen) atoms. The molecule has 0 radical (unpaired) electrons. The molecular weight excluding hydrogens is 190 g/mol. The number of likely N-dealkylation sites (N-methyl/N-ethyl adjacent to an activating group) is 1. The summed E-state index contributed by atoms with van der Waals surface area (Å²) in [5, 5.41) is 3.42. The zero-order chi connectivity index (χ0) is 10.7. The molecule has 0 bridgehead atoms. The Morgan fingerprint density at radius 2 is 2.27 bits per heavy atom. The normalized spacial score (nSPS) is 35.6. The minimum Gasteiger partial charge on any atom is -0.374 e. The van der Waals surface area contributed by atoms with Gasteiger partial charge in [0.15, 0.2) is 0 Å². The summed E-state index contributed by atoms with van der Waals surface area (Å²) in [4.78, 5) is 4.90. The summed E-state index contributed by atoms with van der Waals surface area (Å²) in [6, 6.07) is 0.648. The molecule has 2 rings (SSSR count). The van der Waals surface area contributed by atoms with Crippen molar-refractivity contribution in [1.29, 1.82) is 0 Å². The second-order valence-electron chi connectivity index (χ2n) is 4.80. The number of hydrogen-bond acceptors (Lipinski definition) is 4. The van der Waals surface area contributed by atoms with Gasteiger partial charge in [-0.1, -0.05) is 0 Å². The van der Waals surface area contributed by atoms with Crippen molar-refractivity contribution in [3.05, 3.63) is 0 Å². The third-order valence-electron chi connectivity index (χ3n) is 3.42. The Labute approximate surface area is 92.6 Å². The number of ether oxygens (including phenoxy) is 1. The van der Waals surface area contributed by atoms with Crippen molar-refractivity contribution in [2.45, 2.75) is 19.1 Å². The Morgan fingerprint density at radius 1 is 1.40 bits per heavy atom. The third kappa shape index (κ3) is 3.14. The molecule has 4 heteroatoms. The van der Waals surface area contributed by atoms with Gasteiger partial charge in [-0.25, -0.2) is 0 Å². The van der Waals surface area contributed by atoms with E-state index in [1.165, 1.54) is 0 Å². The minimum atomic E-state index is 0.407. The molecule has 2 unspecified atom stereocenters. The zero-order valence-corrected chi connectivity index (χ0v) is 9.91. The fourth-order valence-electron chi connectivity index (χ4n) is 2.39. The van der Waals surface area contributed by atoms with Crippen LogP contribution in [-0.4, -0.2) is 74.9 Å². The van der Waals surface area contributed by atoms with E-state index in [4.69, 9.17) is 4.74 Å². The molecule has 2 saturated heterocycles. The van der Waals surface area contributed by atoms with E-state index in [1.54, 1.807) is 0 Å². The van der Waals surface area contributed by atoms with Crippen LogP contribution in [0.5, 0.6) is 0 Å². The summed E-state index contributed by atoms with van der Waals surface area (Å²) in [6.07, 6.45) is 0.407. The molecule has 0 saturated carbocycles. The molecule has 0 spiro atoms. The summed E-state index contributed by atoms with van der Waals surface area (Å²) in [5.41, 5.74) is 0. The topological polar surface area (TPSA) is 27.7 Å². The lowest BCUT2D eigenvalue weighted by Crippen LogP contribution is -2.54. The summed E-state index contributed by atoms with van der Waals surface area (Å²) in [7, 11) is 2.18. The minimum absolute atomic E-state index is 0.407. The van der Waals surface area contributed by atoms with Gasteiger partial charge in [0.25, 0.3) is 0 Å².